The van der Waals surface area contributed by atoms with Crippen molar-refractivity contribution in [2.75, 3.05) is 5.32 Å². The standard InChI is InChI=1S/C15H15ClN4O/c1-10-8-11(9-18-14(10)16)19-13(12-4-3-7-21-12)15-17-5-6-20(15)2/h3-9,13,19H,1-2H3. The molecule has 1 unspecified atom stereocenters. The maximum Gasteiger partial charge on any atom is 0.143 e. The van der Waals surface area contributed by atoms with E-state index in [2.05, 4.69) is 15.3 Å². The zero-order valence-electron chi connectivity index (χ0n) is 11.7. The SMILES string of the molecule is Cc1cc(NC(c2ccco2)c2nccn2C)cnc1Cl. The summed E-state index contributed by atoms with van der Waals surface area (Å²) in [6, 6.07) is 5.54. The minimum absolute atomic E-state index is 0.192. The van der Waals surface area contributed by atoms with E-state index in [9.17, 15) is 0 Å². The summed E-state index contributed by atoms with van der Waals surface area (Å²) in [6.07, 6.45) is 7.02. The number of pyridine rings is 1. The van der Waals surface area contributed by atoms with Gasteiger partial charge in [0.05, 0.1) is 18.1 Å². The Labute approximate surface area is 127 Å². The third kappa shape index (κ3) is 2.78. The van der Waals surface area contributed by atoms with Gasteiger partial charge in [0.25, 0.3) is 0 Å². The van der Waals surface area contributed by atoms with Crippen molar-refractivity contribution >= 4 is 17.3 Å². The Bertz CT molecular complexity index is 736. The average Bonchev–Trinajstić information content (AvgIpc) is 3.12. The van der Waals surface area contributed by atoms with Crippen LogP contribution in [0.2, 0.25) is 5.15 Å². The number of halogens is 1. The van der Waals surface area contributed by atoms with Gasteiger partial charge in [-0.05, 0) is 30.7 Å². The van der Waals surface area contributed by atoms with Crippen molar-refractivity contribution in [3.63, 3.8) is 0 Å². The molecule has 3 heterocycles. The lowest BCUT2D eigenvalue weighted by Gasteiger charge is -2.18. The van der Waals surface area contributed by atoms with Crippen molar-refractivity contribution < 1.29 is 4.42 Å². The second-order valence-corrected chi connectivity index (χ2v) is 5.18. The number of hydrogen-bond acceptors (Lipinski definition) is 4. The molecule has 3 aromatic rings. The van der Waals surface area contributed by atoms with Gasteiger partial charge < -0.3 is 14.3 Å². The average molecular weight is 303 g/mol. The quantitative estimate of drug-likeness (QED) is 0.749. The number of rotatable bonds is 4. The first-order valence-electron chi connectivity index (χ1n) is 6.54. The highest BCUT2D eigenvalue weighted by Gasteiger charge is 2.21. The van der Waals surface area contributed by atoms with Crippen LogP contribution in [0.1, 0.15) is 23.2 Å². The normalized spacial score (nSPS) is 12.3. The molecule has 0 fully saturated rings. The maximum absolute atomic E-state index is 5.97. The number of aromatic nitrogens is 3. The van der Waals surface area contributed by atoms with Crippen molar-refractivity contribution in [1.82, 2.24) is 14.5 Å². The molecule has 1 atom stereocenters. The zero-order valence-corrected chi connectivity index (χ0v) is 12.5. The number of furan rings is 1. The fourth-order valence-corrected chi connectivity index (χ4v) is 2.28. The maximum atomic E-state index is 5.97. The van der Waals surface area contributed by atoms with Gasteiger partial charge in [0.1, 0.15) is 22.8 Å². The van der Waals surface area contributed by atoms with Gasteiger partial charge in [-0.3, -0.25) is 0 Å². The fourth-order valence-electron chi connectivity index (χ4n) is 2.18. The minimum Gasteiger partial charge on any atom is -0.467 e. The molecule has 0 saturated carbocycles. The van der Waals surface area contributed by atoms with Gasteiger partial charge in [-0.25, -0.2) is 9.97 Å². The Kier molecular flexibility index (Phi) is 3.66. The van der Waals surface area contributed by atoms with Crippen LogP contribution in [0.3, 0.4) is 0 Å². The van der Waals surface area contributed by atoms with Crippen molar-refractivity contribution in [2.24, 2.45) is 7.05 Å². The smallest absolute Gasteiger partial charge is 0.143 e. The fraction of sp³-hybridized carbons (Fsp3) is 0.200. The van der Waals surface area contributed by atoms with Crippen molar-refractivity contribution in [3.8, 4) is 0 Å². The summed E-state index contributed by atoms with van der Waals surface area (Å²) in [5.74, 6) is 1.65. The first-order valence-corrected chi connectivity index (χ1v) is 6.92. The van der Waals surface area contributed by atoms with E-state index in [0.29, 0.717) is 5.15 Å². The summed E-state index contributed by atoms with van der Waals surface area (Å²) in [4.78, 5) is 8.56. The van der Waals surface area contributed by atoms with Crippen LogP contribution in [0.4, 0.5) is 5.69 Å². The number of nitrogens with one attached hydrogen (secondary N) is 1. The van der Waals surface area contributed by atoms with E-state index in [-0.39, 0.29) is 6.04 Å². The number of imidazole rings is 1. The minimum atomic E-state index is -0.192. The molecule has 6 heteroatoms. The topological polar surface area (TPSA) is 55.9 Å². The van der Waals surface area contributed by atoms with Gasteiger partial charge in [-0.1, -0.05) is 11.6 Å². The molecule has 3 aromatic heterocycles. The number of anilines is 1. The molecule has 0 aliphatic rings. The lowest BCUT2D eigenvalue weighted by molar-refractivity contribution is 0.488. The summed E-state index contributed by atoms with van der Waals surface area (Å²) in [5, 5.41) is 3.90. The third-order valence-electron chi connectivity index (χ3n) is 3.27. The highest BCUT2D eigenvalue weighted by molar-refractivity contribution is 6.30. The monoisotopic (exact) mass is 302 g/mol. The first kappa shape index (κ1) is 13.7. The molecule has 0 amide bonds. The molecule has 21 heavy (non-hydrogen) atoms. The van der Waals surface area contributed by atoms with Gasteiger partial charge in [0.2, 0.25) is 0 Å². The number of aryl methyl sites for hydroxylation is 2. The van der Waals surface area contributed by atoms with E-state index >= 15 is 0 Å². The molecule has 0 radical (unpaired) electrons. The summed E-state index contributed by atoms with van der Waals surface area (Å²) < 4.78 is 7.49. The predicted molar refractivity (Wildman–Crippen MR) is 81.4 cm³/mol. The van der Waals surface area contributed by atoms with Crippen molar-refractivity contribution in [1.29, 1.82) is 0 Å². The van der Waals surface area contributed by atoms with Gasteiger partial charge in [-0.2, -0.15) is 0 Å². The van der Waals surface area contributed by atoms with Crippen molar-refractivity contribution in [2.45, 2.75) is 13.0 Å². The molecule has 0 aliphatic carbocycles. The predicted octanol–water partition coefficient (Wildman–Crippen LogP) is 3.57. The van der Waals surface area contributed by atoms with E-state index in [4.69, 9.17) is 16.0 Å². The Morgan fingerprint density at radius 3 is 2.86 bits per heavy atom. The van der Waals surface area contributed by atoms with Crippen LogP contribution in [0.5, 0.6) is 0 Å². The Balaban J connectivity index is 1.97. The first-order chi connectivity index (χ1) is 10.1. The molecule has 5 nitrogen and oxygen atoms in total. The summed E-state index contributed by atoms with van der Waals surface area (Å²) in [5.41, 5.74) is 1.78. The molecule has 0 aliphatic heterocycles. The van der Waals surface area contributed by atoms with Crippen LogP contribution < -0.4 is 5.32 Å². The zero-order chi connectivity index (χ0) is 14.8. The van der Waals surface area contributed by atoms with E-state index in [0.717, 1.165) is 22.8 Å². The van der Waals surface area contributed by atoms with Gasteiger partial charge in [0, 0.05) is 19.4 Å². The molecule has 0 bridgehead atoms. The van der Waals surface area contributed by atoms with Crippen LogP contribution in [0.25, 0.3) is 0 Å². The van der Waals surface area contributed by atoms with E-state index < -0.39 is 0 Å². The lowest BCUT2D eigenvalue weighted by atomic mass is 10.2. The summed E-state index contributed by atoms with van der Waals surface area (Å²) in [7, 11) is 1.95. The summed E-state index contributed by atoms with van der Waals surface area (Å²) in [6.45, 7) is 1.92. The van der Waals surface area contributed by atoms with E-state index in [1.165, 1.54) is 0 Å². The summed E-state index contributed by atoms with van der Waals surface area (Å²) >= 11 is 5.97. The molecule has 3 rings (SSSR count). The lowest BCUT2D eigenvalue weighted by Crippen LogP contribution is -2.16. The van der Waals surface area contributed by atoms with Crippen molar-refractivity contribution in [3.05, 3.63) is 65.4 Å². The van der Waals surface area contributed by atoms with Crippen LogP contribution in [0.15, 0.2) is 47.5 Å². The molecule has 1 N–H and O–H groups in total. The van der Waals surface area contributed by atoms with Crippen LogP contribution in [0, 0.1) is 6.92 Å². The van der Waals surface area contributed by atoms with Crippen LogP contribution in [-0.4, -0.2) is 14.5 Å². The highest BCUT2D eigenvalue weighted by Crippen LogP contribution is 2.26. The highest BCUT2D eigenvalue weighted by atomic mass is 35.5. The molecular weight excluding hydrogens is 288 g/mol. The van der Waals surface area contributed by atoms with Crippen LogP contribution >= 0.6 is 11.6 Å². The largest absolute Gasteiger partial charge is 0.467 e. The van der Waals surface area contributed by atoms with Gasteiger partial charge in [0.15, 0.2) is 0 Å². The van der Waals surface area contributed by atoms with E-state index in [1.807, 2.05) is 42.9 Å². The Morgan fingerprint density at radius 2 is 2.24 bits per heavy atom. The number of hydrogen-bond donors (Lipinski definition) is 1. The molecular formula is C15H15ClN4O. The second-order valence-electron chi connectivity index (χ2n) is 4.82. The second kappa shape index (κ2) is 5.61. The Hall–Kier alpha value is -2.27. The van der Waals surface area contributed by atoms with E-state index in [1.54, 1.807) is 18.7 Å². The third-order valence-corrected chi connectivity index (χ3v) is 3.67. The Morgan fingerprint density at radius 1 is 1.38 bits per heavy atom. The number of nitrogens with zero attached hydrogens (tertiary/aromatic N) is 3. The van der Waals surface area contributed by atoms with Gasteiger partial charge >= 0.3 is 0 Å². The van der Waals surface area contributed by atoms with Gasteiger partial charge in [-0.15, -0.1) is 0 Å². The molecule has 0 saturated heterocycles. The van der Waals surface area contributed by atoms with Crippen LogP contribution in [-0.2, 0) is 7.05 Å². The molecule has 108 valence electrons. The molecule has 0 aromatic carbocycles. The molecule has 0 spiro atoms.